The van der Waals surface area contributed by atoms with Crippen molar-refractivity contribution in [2.75, 3.05) is 5.32 Å². The highest BCUT2D eigenvalue weighted by Crippen LogP contribution is 2.53. The molecule has 0 saturated carbocycles. The van der Waals surface area contributed by atoms with E-state index in [2.05, 4.69) is 98.4 Å². The number of hydrogen-bond donors (Lipinski definition) is 1. The lowest BCUT2D eigenvalue weighted by atomic mass is 9.59. The first-order valence-electron chi connectivity index (χ1n) is 16.2. The van der Waals surface area contributed by atoms with Gasteiger partial charge in [-0.2, -0.15) is 0 Å². The molecule has 0 unspecified atom stereocenters. The Kier molecular flexibility index (Phi) is 9.07. The van der Waals surface area contributed by atoms with Gasteiger partial charge in [-0.05, 0) is 93.9 Å². The Morgan fingerprint density at radius 3 is 1.49 bits per heavy atom. The topological polar surface area (TPSA) is 62.5 Å². The minimum atomic E-state index is -0.125. The molecule has 230 valence electrons. The quantitative estimate of drug-likeness (QED) is 0.260. The molecule has 0 radical (unpaired) electrons. The Hall–Kier alpha value is -3.34. The van der Waals surface area contributed by atoms with E-state index in [0.717, 1.165) is 48.7 Å². The van der Waals surface area contributed by atoms with Crippen molar-refractivity contribution in [2.45, 2.75) is 130 Å². The van der Waals surface area contributed by atoms with E-state index in [1.165, 1.54) is 27.8 Å². The van der Waals surface area contributed by atoms with E-state index in [0.29, 0.717) is 5.82 Å². The van der Waals surface area contributed by atoms with E-state index in [4.69, 9.17) is 9.98 Å². The van der Waals surface area contributed by atoms with Gasteiger partial charge in [0.25, 0.3) is 0 Å². The fourth-order valence-electron chi connectivity index (χ4n) is 6.10. The molecule has 0 bridgehead atoms. The zero-order valence-electron chi connectivity index (χ0n) is 28.7. The molecule has 0 amide bonds. The average molecular weight is 580 g/mol. The summed E-state index contributed by atoms with van der Waals surface area (Å²) in [5, 5.41) is 3.65. The highest BCUT2D eigenvalue weighted by molar-refractivity contribution is 6.28. The summed E-state index contributed by atoms with van der Waals surface area (Å²) < 4.78 is 0. The SMILES string of the molecule is CCC(C)(C)c1c2c(c(C(C)(C)CC)c(C(C)(C)CC)c1C(C)(C)CC)C(Nc1ccccn1)=NC2=Nc1ccccn1. The summed E-state index contributed by atoms with van der Waals surface area (Å²) in [6.45, 7) is 28.6. The first kappa shape index (κ1) is 32.6. The van der Waals surface area contributed by atoms with Gasteiger partial charge in [-0.25, -0.2) is 20.0 Å². The maximum Gasteiger partial charge on any atom is 0.165 e. The summed E-state index contributed by atoms with van der Waals surface area (Å²) in [4.78, 5) is 19.7. The molecule has 0 fully saturated rings. The third-order valence-electron chi connectivity index (χ3n) is 10.2. The predicted molar refractivity (Wildman–Crippen MR) is 185 cm³/mol. The summed E-state index contributed by atoms with van der Waals surface area (Å²) in [7, 11) is 0. The first-order valence-corrected chi connectivity index (χ1v) is 16.2. The molecule has 0 atom stereocenters. The molecule has 1 aliphatic heterocycles. The van der Waals surface area contributed by atoms with Crippen LogP contribution in [-0.4, -0.2) is 21.6 Å². The molecule has 0 saturated heterocycles. The van der Waals surface area contributed by atoms with Crippen LogP contribution in [0.3, 0.4) is 0 Å². The van der Waals surface area contributed by atoms with Gasteiger partial charge in [0.1, 0.15) is 11.7 Å². The van der Waals surface area contributed by atoms with Gasteiger partial charge in [0.05, 0.1) is 0 Å². The largest absolute Gasteiger partial charge is 0.324 e. The first-order chi connectivity index (χ1) is 20.1. The van der Waals surface area contributed by atoms with Crippen molar-refractivity contribution in [3.63, 3.8) is 0 Å². The van der Waals surface area contributed by atoms with Crippen molar-refractivity contribution < 1.29 is 0 Å². The number of pyridine rings is 2. The van der Waals surface area contributed by atoms with Crippen LogP contribution < -0.4 is 5.32 Å². The van der Waals surface area contributed by atoms with Gasteiger partial charge in [-0.3, -0.25) is 0 Å². The molecule has 5 nitrogen and oxygen atoms in total. The van der Waals surface area contributed by atoms with Gasteiger partial charge >= 0.3 is 0 Å². The fraction of sp³-hybridized carbons (Fsp3) is 0.526. The Morgan fingerprint density at radius 1 is 0.581 bits per heavy atom. The van der Waals surface area contributed by atoms with Crippen LogP contribution in [0.2, 0.25) is 0 Å². The standard InChI is InChI=1S/C38H53N5/c1-13-35(5,6)29-27-28(30(36(7,8)14-2)32(38(11,12)16-4)31(29)37(9,10)15-3)34(42-26-22-18-20-24-40-26)43-33(27)41-25-21-17-19-23-39-25/h17-24H,13-16H2,1-12H3,(H,39,40,41,42,43). The predicted octanol–water partition coefficient (Wildman–Crippen LogP) is 10.2. The lowest BCUT2D eigenvalue weighted by Crippen LogP contribution is -2.38. The number of benzene rings is 1. The smallest absolute Gasteiger partial charge is 0.165 e. The molecule has 3 aromatic rings. The molecule has 0 aliphatic carbocycles. The second-order valence-corrected chi connectivity index (χ2v) is 14.6. The van der Waals surface area contributed by atoms with E-state index < -0.39 is 0 Å². The molecular formula is C38H53N5. The number of nitrogens with zero attached hydrogens (tertiary/aromatic N) is 4. The van der Waals surface area contributed by atoms with Crippen LogP contribution in [0.4, 0.5) is 11.6 Å². The minimum absolute atomic E-state index is 0.0614. The molecule has 1 aliphatic rings. The number of aliphatic imine (C=N–C) groups is 2. The van der Waals surface area contributed by atoms with Crippen LogP contribution in [0, 0.1) is 0 Å². The third-order valence-corrected chi connectivity index (χ3v) is 10.2. The summed E-state index contributed by atoms with van der Waals surface area (Å²) in [6.07, 6.45) is 7.68. The Morgan fingerprint density at radius 2 is 1.05 bits per heavy atom. The monoisotopic (exact) mass is 579 g/mol. The van der Waals surface area contributed by atoms with E-state index in [9.17, 15) is 0 Å². The highest BCUT2D eigenvalue weighted by Gasteiger charge is 2.46. The Labute approximate surface area is 260 Å². The van der Waals surface area contributed by atoms with Crippen molar-refractivity contribution in [1.82, 2.24) is 9.97 Å². The van der Waals surface area contributed by atoms with Crippen LogP contribution in [0.1, 0.15) is 142 Å². The lowest BCUT2D eigenvalue weighted by Gasteiger charge is -2.45. The number of rotatable bonds is 10. The number of hydrogen-bond acceptors (Lipinski definition) is 4. The molecule has 4 rings (SSSR count). The maximum atomic E-state index is 5.34. The van der Waals surface area contributed by atoms with Gasteiger partial charge in [0.2, 0.25) is 0 Å². The molecule has 3 heterocycles. The van der Waals surface area contributed by atoms with Crippen molar-refractivity contribution >= 4 is 23.3 Å². The number of anilines is 1. The van der Waals surface area contributed by atoms with Crippen molar-refractivity contribution in [1.29, 1.82) is 0 Å². The summed E-state index contributed by atoms with van der Waals surface area (Å²) in [5.41, 5.74) is 7.68. The van der Waals surface area contributed by atoms with Crippen molar-refractivity contribution in [3.05, 3.63) is 82.2 Å². The summed E-state index contributed by atoms with van der Waals surface area (Å²) in [5.74, 6) is 2.99. The van der Waals surface area contributed by atoms with Crippen LogP contribution in [0.5, 0.6) is 0 Å². The van der Waals surface area contributed by atoms with Crippen molar-refractivity contribution in [3.8, 4) is 0 Å². The van der Waals surface area contributed by atoms with E-state index in [1.54, 1.807) is 6.20 Å². The molecule has 43 heavy (non-hydrogen) atoms. The van der Waals surface area contributed by atoms with E-state index >= 15 is 0 Å². The average Bonchev–Trinajstić information content (AvgIpc) is 3.33. The normalized spacial score (nSPS) is 15.1. The lowest BCUT2D eigenvalue weighted by molar-refractivity contribution is 0.409. The van der Waals surface area contributed by atoms with Gasteiger partial charge in [0.15, 0.2) is 11.7 Å². The van der Waals surface area contributed by atoms with Crippen LogP contribution >= 0.6 is 0 Å². The molecule has 5 heteroatoms. The Bertz CT molecular complexity index is 1510. The van der Waals surface area contributed by atoms with Crippen LogP contribution in [-0.2, 0) is 21.7 Å². The minimum Gasteiger partial charge on any atom is -0.324 e. The van der Waals surface area contributed by atoms with Gasteiger partial charge < -0.3 is 5.32 Å². The fourth-order valence-corrected chi connectivity index (χ4v) is 6.10. The van der Waals surface area contributed by atoms with Gasteiger partial charge in [-0.15, -0.1) is 0 Å². The summed E-state index contributed by atoms with van der Waals surface area (Å²) in [6, 6.07) is 11.8. The maximum absolute atomic E-state index is 5.34. The molecule has 1 N–H and O–H groups in total. The van der Waals surface area contributed by atoms with Crippen LogP contribution in [0.15, 0.2) is 58.8 Å². The molecule has 1 aromatic carbocycles. The number of fused-ring (bicyclic) bond motifs is 1. The summed E-state index contributed by atoms with van der Waals surface area (Å²) >= 11 is 0. The van der Waals surface area contributed by atoms with E-state index in [-0.39, 0.29) is 21.7 Å². The number of aromatic nitrogens is 2. The molecule has 0 spiro atoms. The van der Waals surface area contributed by atoms with Crippen LogP contribution in [0.25, 0.3) is 0 Å². The third kappa shape index (κ3) is 6.05. The zero-order chi connectivity index (χ0) is 31.8. The molecule has 2 aromatic heterocycles. The second kappa shape index (κ2) is 12.0. The van der Waals surface area contributed by atoms with Crippen molar-refractivity contribution in [2.24, 2.45) is 9.98 Å². The second-order valence-electron chi connectivity index (χ2n) is 14.6. The van der Waals surface area contributed by atoms with E-state index in [1.807, 2.05) is 42.6 Å². The molecular weight excluding hydrogens is 526 g/mol. The van der Waals surface area contributed by atoms with Gasteiger partial charge in [0, 0.05) is 23.5 Å². The zero-order valence-corrected chi connectivity index (χ0v) is 28.7. The number of amidine groups is 2. The highest BCUT2D eigenvalue weighted by atomic mass is 15.1. The Balaban J connectivity index is 2.34. The number of nitrogens with one attached hydrogen (secondary N) is 1. The van der Waals surface area contributed by atoms with Gasteiger partial charge in [-0.1, -0.05) is 95.2 Å².